The highest BCUT2D eigenvalue weighted by molar-refractivity contribution is 5.71. The summed E-state index contributed by atoms with van der Waals surface area (Å²) in [6, 6.07) is 0.524. The Labute approximate surface area is 96.6 Å². The molecule has 0 radical (unpaired) electrons. The van der Waals surface area contributed by atoms with E-state index in [2.05, 4.69) is 11.8 Å². The first-order chi connectivity index (χ1) is 7.58. The quantitative estimate of drug-likeness (QED) is 0.770. The van der Waals surface area contributed by atoms with Crippen LogP contribution in [0.5, 0.6) is 0 Å². The van der Waals surface area contributed by atoms with Gasteiger partial charge in [-0.25, -0.2) is 0 Å². The second kappa shape index (κ2) is 4.72. The van der Waals surface area contributed by atoms with E-state index >= 15 is 0 Å². The molecular weight excluding hydrogens is 206 g/mol. The number of carboxylic acid groups (broad SMARTS) is 1. The standard InChI is InChI=1S/C12H21NO3/c1-8-6-13(7-11(8)12(14)15)10-3-4-16-9(2)5-10/h8-11H,3-7H2,1-2H3,(H,14,15)/t8-,9?,10?,11-/m1/s1. The predicted octanol–water partition coefficient (Wildman–Crippen LogP) is 1.21. The number of aliphatic carboxylic acids is 1. The van der Waals surface area contributed by atoms with E-state index in [9.17, 15) is 4.79 Å². The van der Waals surface area contributed by atoms with Gasteiger partial charge in [-0.15, -0.1) is 0 Å². The number of carboxylic acids is 1. The Morgan fingerprint density at radius 2 is 2.12 bits per heavy atom. The minimum atomic E-state index is -0.643. The molecule has 0 aromatic heterocycles. The van der Waals surface area contributed by atoms with E-state index in [0.29, 0.717) is 18.7 Å². The number of nitrogens with zero attached hydrogens (tertiary/aromatic N) is 1. The maximum absolute atomic E-state index is 11.1. The van der Waals surface area contributed by atoms with Gasteiger partial charge in [0.15, 0.2) is 0 Å². The molecule has 0 aliphatic carbocycles. The van der Waals surface area contributed by atoms with Crippen molar-refractivity contribution in [1.82, 2.24) is 4.90 Å². The van der Waals surface area contributed by atoms with E-state index in [1.54, 1.807) is 0 Å². The summed E-state index contributed by atoms with van der Waals surface area (Å²) in [6.45, 7) is 6.60. The first-order valence-electron chi connectivity index (χ1n) is 6.16. The number of carbonyl (C=O) groups is 1. The van der Waals surface area contributed by atoms with Crippen molar-refractivity contribution < 1.29 is 14.6 Å². The van der Waals surface area contributed by atoms with Crippen LogP contribution in [0.4, 0.5) is 0 Å². The van der Waals surface area contributed by atoms with Crippen molar-refractivity contribution in [2.75, 3.05) is 19.7 Å². The normalized spacial score (nSPS) is 41.1. The van der Waals surface area contributed by atoms with E-state index in [1.165, 1.54) is 0 Å². The maximum Gasteiger partial charge on any atom is 0.308 e. The second-order valence-electron chi connectivity index (χ2n) is 5.24. The SMILES string of the molecule is CC1CC(N2C[C@@H](C)[C@H](C(=O)O)C2)CCO1. The molecule has 4 atom stereocenters. The van der Waals surface area contributed by atoms with E-state index in [-0.39, 0.29) is 11.8 Å². The van der Waals surface area contributed by atoms with E-state index in [0.717, 1.165) is 26.0 Å². The molecule has 2 fully saturated rings. The molecule has 0 bridgehead atoms. The van der Waals surface area contributed by atoms with Crippen LogP contribution in [0, 0.1) is 11.8 Å². The van der Waals surface area contributed by atoms with Crippen LogP contribution in [-0.2, 0) is 9.53 Å². The summed E-state index contributed by atoms with van der Waals surface area (Å²) < 4.78 is 5.53. The fraction of sp³-hybridized carbons (Fsp3) is 0.917. The van der Waals surface area contributed by atoms with Gasteiger partial charge >= 0.3 is 5.97 Å². The number of rotatable bonds is 2. The molecule has 2 heterocycles. The van der Waals surface area contributed by atoms with Crippen molar-refractivity contribution in [2.24, 2.45) is 11.8 Å². The third-order valence-electron chi connectivity index (χ3n) is 3.93. The van der Waals surface area contributed by atoms with Crippen molar-refractivity contribution in [3.05, 3.63) is 0 Å². The van der Waals surface area contributed by atoms with Gasteiger partial charge in [0.2, 0.25) is 0 Å². The van der Waals surface area contributed by atoms with Gasteiger partial charge in [-0.2, -0.15) is 0 Å². The zero-order valence-corrected chi connectivity index (χ0v) is 10.1. The molecule has 2 aliphatic rings. The van der Waals surface area contributed by atoms with Gasteiger partial charge in [-0.05, 0) is 25.7 Å². The number of hydrogen-bond acceptors (Lipinski definition) is 3. The van der Waals surface area contributed by atoms with Crippen LogP contribution < -0.4 is 0 Å². The van der Waals surface area contributed by atoms with Gasteiger partial charge in [0.25, 0.3) is 0 Å². The molecule has 4 nitrogen and oxygen atoms in total. The molecular formula is C12H21NO3. The lowest BCUT2D eigenvalue weighted by atomic mass is 9.99. The molecule has 0 aromatic rings. The summed E-state index contributed by atoms with van der Waals surface area (Å²) in [7, 11) is 0. The molecule has 1 N–H and O–H groups in total. The summed E-state index contributed by atoms with van der Waals surface area (Å²) >= 11 is 0. The van der Waals surface area contributed by atoms with Gasteiger partial charge < -0.3 is 9.84 Å². The zero-order chi connectivity index (χ0) is 11.7. The Bertz CT molecular complexity index is 269. The van der Waals surface area contributed by atoms with Crippen LogP contribution in [0.1, 0.15) is 26.7 Å². The highest BCUT2D eigenvalue weighted by Gasteiger charge is 2.38. The second-order valence-corrected chi connectivity index (χ2v) is 5.24. The third kappa shape index (κ3) is 2.38. The lowest BCUT2D eigenvalue weighted by Gasteiger charge is -2.34. The molecule has 0 amide bonds. The Hall–Kier alpha value is -0.610. The third-order valence-corrected chi connectivity index (χ3v) is 3.93. The fourth-order valence-corrected chi connectivity index (χ4v) is 2.93. The number of ether oxygens (including phenoxy) is 1. The van der Waals surface area contributed by atoms with Crippen molar-refractivity contribution >= 4 is 5.97 Å². The smallest absolute Gasteiger partial charge is 0.308 e. The molecule has 16 heavy (non-hydrogen) atoms. The molecule has 2 aliphatic heterocycles. The summed E-state index contributed by atoms with van der Waals surface area (Å²) in [6.07, 6.45) is 2.40. The summed E-state index contributed by atoms with van der Waals surface area (Å²) in [4.78, 5) is 13.4. The first kappa shape index (κ1) is 11.9. The van der Waals surface area contributed by atoms with Crippen LogP contribution >= 0.6 is 0 Å². The fourth-order valence-electron chi connectivity index (χ4n) is 2.93. The minimum absolute atomic E-state index is 0.182. The summed E-state index contributed by atoms with van der Waals surface area (Å²) in [5, 5.41) is 9.10. The Kier molecular flexibility index (Phi) is 3.50. The molecule has 0 spiro atoms. The molecule has 4 heteroatoms. The molecule has 0 saturated carbocycles. The minimum Gasteiger partial charge on any atom is -0.481 e. The van der Waals surface area contributed by atoms with Crippen LogP contribution in [0.2, 0.25) is 0 Å². The molecule has 2 unspecified atom stereocenters. The molecule has 92 valence electrons. The predicted molar refractivity (Wildman–Crippen MR) is 60.3 cm³/mol. The number of likely N-dealkylation sites (tertiary alicyclic amines) is 1. The van der Waals surface area contributed by atoms with E-state index in [1.807, 2.05) is 6.92 Å². The number of hydrogen-bond donors (Lipinski definition) is 1. The van der Waals surface area contributed by atoms with Crippen molar-refractivity contribution in [2.45, 2.75) is 38.8 Å². The van der Waals surface area contributed by atoms with Crippen LogP contribution in [0.25, 0.3) is 0 Å². The Morgan fingerprint density at radius 3 is 2.69 bits per heavy atom. The van der Waals surface area contributed by atoms with Crippen LogP contribution in [0.3, 0.4) is 0 Å². The largest absolute Gasteiger partial charge is 0.481 e. The summed E-state index contributed by atoms with van der Waals surface area (Å²) in [5.41, 5.74) is 0. The van der Waals surface area contributed by atoms with Gasteiger partial charge in [-0.1, -0.05) is 6.92 Å². The van der Waals surface area contributed by atoms with Gasteiger partial charge in [0, 0.05) is 25.7 Å². The van der Waals surface area contributed by atoms with Crippen molar-refractivity contribution in [1.29, 1.82) is 0 Å². The van der Waals surface area contributed by atoms with Crippen LogP contribution in [-0.4, -0.2) is 47.8 Å². The lowest BCUT2D eigenvalue weighted by Crippen LogP contribution is -2.40. The van der Waals surface area contributed by atoms with Gasteiger partial charge in [0.1, 0.15) is 0 Å². The maximum atomic E-state index is 11.1. The topological polar surface area (TPSA) is 49.8 Å². The first-order valence-corrected chi connectivity index (χ1v) is 6.16. The van der Waals surface area contributed by atoms with Gasteiger partial charge in [0.05, 0.1) is 12.0 Å². The summed E-state index contributed by atoms with van der Waals surface area (Å²) in [5.74, 6) is -0.552. The van der Waals surface area contributed by atoms with Crippen molar-refractivity contribution in [3.8, 4) is 0 Å². The zero-order valence-electron chi connectivity index (χ0n) is 10.1. The highest BCUT2D eigenvalue weighted by Crippen LogP contribution is 2.29. The van der Waals surface area contributed by atoms with E-state index < -0.39 is 5.97 Å². The molecule has 2 rings (SSSR count). The van der Waals surface area contributed by atoms with Gasteiger partial charge in [-0.3, -0.25) is 9.69 Å². The average Bonchev–Trinajstić information content (AvgIpc) is 2.60. The van der Waals surface area contributed by atoms with E-state index in [4.69, 9.17) is 9.84 Å². The average molecular weight is 227 g/mol. The Balaban J connectivity index is 1.94. The Morgan fingerprint density at radius 1 is 1.38 bits per heavy atom. The molecule has 2 saturated heterocycles. The molecule has 0 aromatic carbocycles. The highest BCUT2D eigenvalue weighted by atomic mass is 16.5. The van der Waals surface area contributed by atoms with Crippen molar-refractivity contribution in [3.63, 3.8) is 0 Å². The van der Waals surface area contributed by atoms with Crippen LogP contribution in [0.15, 0.2) is 0 Å². The lowest BCUT2D eigenvalue weighted by molar-refractivity contribution is -0.142. The monoisotopic (exact) mass is 227 g/mol.